The number of thiocarbonyl (C=S) groups is 1. The molecule has 0 bridgehead atoms. The van der Waals surface area contributed by atoms with E-state index < -0.39 is 29.8 Å². The molecule has 3 rings (SSSR count). The first-order chi connectivity index (χ1) is 13.4. The molecule has 3 aromatic rings. The van der Waals surface area contributed by atoms with Gasteiger partial charge in [0.1, 0.15) is 18.2 Å². The highest BCUT2D eigenvalue weighted by Gasteiger charge is 2.13. The average Bonchev–Trinajstić information content (AvgIpc) is 3.03. The third kappa shape index (κ3) is 4.76. The Labute approximate surface area is 162 Å². The van der Waals surface area contributed by atoms with Gasteiger partial charge in [0, 0.05) is 5.56 Å². The highest BCUT2D eigenvalue weighted by atomic mass is 32.1. The van der Waals surface area contributed by atoms with Gasteiger partial charge in [-0.05, 0) is 48.6 Å². The van der Waals surface area contributed by atoms with Crippen LogP contribution in [-0.4, -0.2) is 20.8 Å². The van der Waals surface area contributed by atoms with E-state index in [1.165, 1.54) is 42.5 Å². The molecule has 0 spiro atoms. The first-order valence-electron chi connectivity index (χ1n) is 7.86. The third-order valence-corrected chi connectivity index (χ3v) is 3.63. The Kier molecular flexibility index (Phi) is 5.75. The second-order valence-electron chi connectivity index (χ2n) is 5.44. The lowest BCUT2D eigenvalue weighted by atomic mass is 10.2. The van der Waals surface area contributed by atoms with Crippen LogP contribution in [-0.2, 0) is 11.3 Å². The van der Waals surface area contributed by atoms with Crippen LogP contribution in [0, 0.1) is 11.6 Å². The standard InChI is InChI=1S/C17H13F2N5O3S/c18-11-7-5-10(6-8-11)15-23-24(17(26)27-15)9-14(25)21-22-16(28)20-13-4-2-1-3-12(13)19/h1-8H,9H2,(H,21,25)(H2,20,22,28). The van der Waals surface area contributed by atoms with Gasteiger partial charge < -0.3 is 9.73 Å². The van der Waals surface area contributed by atoms with Crippen LogP contribution in [0.2, 0.25) is 0 Å². The van der Waals surface area contributed by atoms with Crippen molar-refractivity contribution >= 4 is 28.9 Å². The molecule has 11 heteroatoms. The number of carbonyl (C=O) groups excluding carboxylic acids is 1. The summed E-state index contributed by atoms with van der Waals surface area (Å²) >= 11 is 4.95. The number of halogens is 2. The van der Waals surface area contributed by atoms with Gasteiger partial charge in [0.25, 0.3) is 5.91 Å². The molecule has 144 valence electrons. The van der Waals surface area contributed by atoms with Gasteiger partial charge in [-0.15, -0.1) is 5.10 Å². The van der Waals surface area contributed by atoms with Crippen LogP contribution in [0.3, 0.4) is 0 Å². The second kappa shape index (κ2) is 8.39. The van der Waals surface area contributed by atoms with Gasteiger partial charge in [-0.2, -0.15) is 4.68 Å². The molecule has 0 atom stereocenters. The van der Waals surface area contributed by atoms with Gasteiger partial charge in [0.2, 0.25) is 5.89 Å². The van der Waals surface area contributed by atoms with Gasteiger partial charge >= 0.3 is 5.76 Å². The predicted octanol–water partition coefficient (Wildman–Crippen LogP) is 1.80. The van der Waals surface area contributed by atoms with Crippen LogP contribution in [0.4, 0.5) is 14.5 Å². The van der Waals surface area contributed by atoms with Gasteiger partial charge in [-0.25, -0.2) is 13.6 Å². The van der Waals surface area contributed by atoms with E-state index in [0.717, 1.165) is 4.68 Å². The van der Waals surface area contributed by atoms with Crippen molar-refractivity contribution in [1.82, 2.24) is 20.6 Å². The lowest BCUT2D eigenvalue weighted by Gasteiger charge is -2.11. The number of anilines is 1. The summed E-state index contributed by atoms with van der Waals surface area (Å²) in [6.45, 7) is -0.459. The van der Waals surface area contributed by atoms with E-state index in [0.29, 0.717) is 5.56 Å². The molecule has 3 N–H and O–H groups in total. The number of amides is 1. The lowest BCUT2D eigenvalue weighted by molar-refractivity contribution is -0.122. The highest BCUT2D eigenvalue weighted by molar-refractivity contribution is 7.80. The Morgan fingerprint density at radius 2 is 1.82 bits per heavy atom. The van der Waals surface area contributed by atoms with E-state index in [9.17, 15) is 18.4 Å². The maximum absolute atomic E-state index is 13.5. The van der Waals surface area contributed by atoms with E-state index in [-0.39, 0.29) is 16.7 Å². The summed E-state index contributed by atoms with van der Waals surface area (Å²) in [6.07, 6.45) is 0. The van der Waals surface area contributed by atoms with Gasteiger partial charge in [-0.1, -0.05) is 12.1 Å². The van der Waals surface area contributed by atoms with Crippen LogP contribution in [0.25, 0.3) is 11.5 Å². The van der Waals surface area contributed by atoms with E-state index in [1.54, 1.807) is 6.07 Å². The molecule has 0 aliphatic rings. The number of rotatable bonds is 4. The Balaban J connectivity index is 1.56. The van der Waals surface area contributed by atoms with E-state index in [2.05, 4.69) is 21.3 Å². The summed E-state index contributed by atoms with van der Waals surface area (Å²) in [5.41, 5.74) is 5.14. The Morgan fingerprint density at radius 3 is 2.54 bits per heavy atom. The maximum atomic E-state index is 13.5. The largest absolute Gasteiger partial charge is 0.437 e. The SMILES string of the molecule is O=C(Cn1nc(-c2ccc(F)cc2)oc1=O)NNC(=S)Nc1ccccc1F. The molecule has 28 heavy (non-hydrogen) atoms. The van der Waals surface area contributed by atoms with Crippen LogP contribution in [0.15, 0.2) is 57.7 Å². The van der Waals surface area contributed by atoms with E-state index in [1.807, 2.05) is 0 Å². The second-order valence-corrected chi connectivity index (χ2v) is 5.85. The van der Waals surface area contributed by atoms with Gasteiger partial charge in [0.15, 0.2) is 5.11 Å². The summed E-state index contributed by atoms with van der Waals surface area (Å²) in [6, 6.07) is 11.0. The van der Waals surface area contributed by atoms with E-state index >= 15 is 0 Å². The molecule has 0 radical (unpaired) electrons. The highest BCUT2D eigenvalue weighted by Crippen LogP contribution is 2.15. The van der Waals surface area contributed by atoms with Crippen molar-refractivity contribution in [1.29, 1.82) is 0 Å². The topological polar surface area (TPSA) is 101 Å². The number of benzene rings is 2. The number of carbonyl (C=O) groups is 1. The minimum atomic E-state index is -0.860. The predicted molar refractivity (Wildman–Crippen MR) is 100 cm³/mol. The molecule has 0 saturated heterocycles. The zero-order valence-electron chi connectivity index (χ0n) is 14.1. The van der Waals surface area contributed by atoms with Crippen LogP contribution in [0.1, 0.15) is 0 Å². The Morgan fingerprint density at radius 1 is 1.11 bits per heavy atom. The Hall–Kier alpha value is -3.60. The number of hydrogen-bond donors (Lipinski definition) is 3. The molecular weight excluding hydrogens is 392 g/mol. The Bertz CT molecular complexity index is 1070. The zero-order valence-corrected chi connectivity index (χ0v) is 14.9. The fourth-order valence-electron chi connectivity index (χ4n) is 2.13. The normalized spacial score (nSPS) is 10.4. The average molecular weight is 405 g/mol. The molecule has 1 heterocycles. The minimum Gasteiger partial charge on any atom is -0.388 e. The zero-order chi connectivity index (χ0) is 20.1. The van der Waals surface area contributed by atoms with E-state index in [4.69, 9.17) is 16.6 Å². The number of nitrogens with zero attached hydrogens (tertiary/aromatic N) is 2. The fraction of sp³-hybridized carbons (Fsp3) is 0.0588. The van der Waals surface area contributed by atoms with Crippen molar-refractivity contribution in [2.24, 2.45) is 0 Å². The first kappa shape index (κ1) is 19.2. The quantitative estimate of drug-likeness (QED) is 0.449. The smallest absolute Gasteiger partial charge is 0.388 e. The summed E-state index contributed by atoms with van der Waals surface area (Å²) < 4.78 is 32.2. The molecule has 2 aromatic carbocycles. The van der Waals surface area contributed by atoms with Crippen LogP contribution < -0.4 is 21.9 Å². The molecule has 0 aliphatic heterocycles. The van der Waals surface area contributed by atoms with Crippen molar-refractivity contribution in [2.75, 3.05) is 5.32 Å². The summed E-state index contributed by atoms with van der Waals surface area (Å²) in [5, 5.41) is 6.40. The monoisotopic (exact) mass is 405 g/mol. The van der Waals surface area contributed by atoms with Gasteiger partial charge in [-0.3, -0.25) is 15.6 Å². The number of hydrazine groups is 1. The van der Waals surface area contributed by atoms with Crippen molar-refractivity contribution in [3.8, 4) is 11.5 Å². The molecule has 1 amide bonds. The third-order valence-electron chi connectivity index (χ3n) is 3.43. The molecule has 0 saturated carbocycles. The minimum absolute atomic E-state index is 0.0532. The van der Waals surface area contributed by atoms with Crippen molar-refractivity contribution < 1.29 is 18.0 Å². The molecule has 1 aromatic heterocycles. The molecule has 0 aliphatic carbocycles. The maximum Gasteiger partial charge on any atom is 0.437 e. The van der Waals surface area contributed by atoms with Crippen LogP contribution >= 0.6 is 12.2 Å². The van der Waals surface area contributed by atoms with Crippen molar-refractivity contribution in [3.63, 3.8) is 0 Å². The van der Waals surface area contributed by atoms with Gasteiger partial charge in [0.05, 0.1) is 5.69 Å². The lowest BCUT2D eigenvalue weighted by Crippen LogP contribution is -2.45. The van der Waals surface area contributed by atoms with Crippen LogP contribution in [0.5, 0.6) is 0 Å². The molecule has 0 fully saturated rings. The fourth-order valence-corrected chi connectivity index (χ4v) is 2.29. The number of nitrogens with one attached hydrogen (secondary N) is 3. The number of para-hydroxylation sites is 1. The number of aromatic nitrogens is 2. The molecule has 0 unspecified atom stereocenters. The first-order valence-corrected chi connectivity index (χ1v) is 8.27. The molecule has 8 nitrogen and oxygen atoms in total. The summed E-state index contributed by atoms with van der Waals surface area (Å²) in [5.74, 6) is -2.53. The molecular formula is C17H13F2N5O3S. The summed E-state index contributed by atoms with van der Waals surface area (Å²) in [7, 11) is 0. The number of hydrogen-bond acceptors (Lipinski definition) is 5. The van der Waals surface area contributed by atoms with Crippen molar-refractivity contribution in [3.05, 3.63) is 70.7 Å². The van der Waals surface area contributed by atoms with Crippen molar-refractivity contribution in [2.45, 2.75) is 6.54 Å². The summed E-state index contributed by atoms with van der Waals surface area (Å²) in [4.78, 5) is 23.8.